The van der Waals surface area contributed by atoms with Crippen LogP contribution in [0.1, 0.15) is 0 Å². The molecule has 2 aromatic heterocycles. The van der Waals surface area contributed by atoms with Gasteiger partial charge < -0.3 is 14.8 Å². The van der Waals surface area contributed by atoms with Crippen LogP contribution >= 0.6 is 0 Å². The predicted octanol–water partition coefficient (Wildman–Crippen LogP) is 1.90. The molecule has 0 bridgehead atoms. The number of pyridine rings is 1. The maximum Gasteiger partial charge on any atom is 0.264 e. The fourth-order valence-corrected chi connectivity index (χ4v) is 2.69. The Morgan fingerprint density at radius 3 is 2.81 bits per heavy atom. The predicted molar refractivity (Wildman–Crippen MR) is 94.8 cm³/mol. The van der Waals surface area contributed by atoms with Crippen LogP contribution in [0.25, 0.3) is 11.4 Å². The van der Waals surface area contributed by atoms with Gasteiger partial charge in [-0.2, -0.15) is 5.10 Å². The molecule has 7 nitrogen and oxygen atoms in total. The Morgan fingerprint density at radius 1 is 1.12 bits per heavy atom. The van der Waals surface area contributed by atoms with E-state index in [9.17, 15) is 4.79 Å². The number of hydrogen-bond acceptors (Lipinski definition) is 5. The largest absolute Gasteiger partial charge is 0.485 e. The molecule has 132 valence electrons. The van der Waals surface area contributed by atoms with Crippen LogP contribution in [0.3, 0.4) is 0 Å². The van der Waals surface area contributed by atoms with Gasteiger partial charge in [0.05, 0.1) is 12.2 Å². The summed E-state index contributed by atoms with van der Waals surface area (Å²) in [7, 11) is 0. The quantitative estimate of drug-likeness (QED) is 0.760. The van der Waals surface area contributed by atoms with Crippen molar-refractivity contribution in [2.24, 2.45) is 0 Å². The van der Waals surface area contributed by atoms with E-state index in [4.69, 9.17) is 9.47 Å². The summed E-state index contributed by atoms with van der Waals surface area (Å²) in [5, 5.41) is 7.33. The van der Waals surface area contributed by atoms with E-state index in [1.165, 1.54) is 0 Å². The van der Waals surface area contributed by atoms with Crippen LogP contribution in [-0.4, -0.2) is 39.9 Å². The molecular formula is C19H18N4O3. The highest BCUT2D eigenvalue weighted by Gasteiger charge is 2.26. The number of ether oxygens (including phenoxy) is 2. The summed E-state index contributed by atoms with van der Waals surface area (Å²) in [6.07, 6.45) is 2.96. The van der Waals surface area contributed by atoms with Crippen molar-refractivity contribution in [3.05, 3.63) is 60.9 Å². The first-order chi connectivity index (χ1) is 12.8. The molecule has 1 aliphatic heterocycles. The molecule has 1 aliphatic rings. The van der Waals surface area contributed by atoms with Crippen molar-refractivity contribution in [3.8, 4) is 22.9 Å². The first-order valence-corrected chi connectivity index (χ1v) is 8.41. The molecule has 0 fully saturated rings. The second-order valence-corrected chi connectivity index (χ2v) is 5.83. The lowest BCUT2D eigenvalue weighted by atomic mass is 10.2. The van der Waals surface area contributed by atoms with Crippen molar-refractivity contribution < 1.29 is 14.3 Å². The Labute approximate surface area is 150 Å². The average Bonchev–Trinajstić information content (AvgIpc) is 3.17. The number of carbonyl (C=O) groups excluding carboxylic acids is 1. The zero-order valence-electron chi connectivity index (χ0n) is 14.0. The Morgan fingerprint density at radius 2 is 1.96 bits per heavy atom. The van der Waals surface area contributed by atoms with Crippen molar-refractivity contribution in [1.82, 2.24) is 20.1 Å². The van der Waals surface area contributed by atoms with E-state index in [0.717, 1.165) is 11.4 Å². The molecule has 7 heteroatoms. The van der Waals surface area contributed by atoms with Crippen LogP contribution in [0, 0.1) is 0 Å². The van der Waals surface area contributed by atoms with Gasteiger partial charge in [-0.05, 0) is 30.3 Å². The molecule has 26 heavy (non-hydrogen) atoms. The van der Waals surface area contributed by atoms with Gasteiger partial charge in [0, 0.05) is 18.9 Å². The van der Waals surface area contributed by atoms with Crippen molar-refractivity contribution in [3.63, 3.8) is 0 Å². The molecule has 3 aromatic rings. The Bertz CT molecular complexity index is 895. The third-order valence-electron chi connectivity index (χ3n) is 4.01. The minimum Gasteiger partial charge on any atom is -0.485 e. The van der Waals surface area contributed by atoms with Gasteiger partial charge >= 0.3 is 0 Å². The SMILES string of the molecule is O=C(NCCn1ccc(-c2ccccn2)n1)[C@@H]1COc2ccccc2O1. The molecule has 0 saturated heterocycles. The molecule has 0 spiro atoms. The lowest BCUT2D eigenvalue weighted by Crippen LogP contribution is -2.44. The zero-order chi connectivity index (χ0) is 17.8. The van der Waals surface area contributed by atoms with Crippen LogP contribution in [0.5, 0.6) is 11.5 Å². The molecule has 4 rings (SSSR count). The van der Waals surface area contributed by atoms with Gasteiger partial charge in [0.15, 0.2) is 11.5 Å². The molecule has 0 radical (unpaired) electrons. The summed E-state index contributed by atoms with van der Waals surface area (Å²) >= 11 is 0. The van der Waals surface area contributed by atoms with Gasteiger partial charge in [-0.25, -0.2) is 0 Å². The molecule has 1 N–H and O–H groups in total. The number of benzene rings is 1. The standard InChI is InChI=1S/C19H18N4O3/c24-19(18-13-25-16-6-1-2-7-17(16)26-18)21-10-12-23-11-8-15(22-23)14-5-3-4-9-20-14/h1-9,11,18H,10,12-13H2,(H,21,24)/t18-/m0/s1. The minimum absolute atomic E-state index is 0.198. The van der Waals surface area contributed by atoms with Crippen LogP contribution in [-0.2, 0) is 11.3 Å². The number of hydrogen-bond donors (Lipinski definition) is 1. The molecule has 3 heterocycles. The third-order valence-corrected chi connectivity index (χ3v) is 4.01. The van der Waals surface area contributed by atoms with E-state index < -0.39 is 6.10 Å². The van der Waals surface area contributed by atoms with E-state index >= 15 is 0 Å². The number of rotatable bonds is 5. The fraction of sp³-hybridized carbons (Fsp3) is 0.211. The second kappa shape index (κ2) is 7.26. The average molecular weight is 350 g/mol. The van der Waals surface area contributed by atoms with Gasteiger partial charge in [-0.3, -0.25) is 14.5 Å². The van der Waals surface area contributed by atoms with Crippen molar-refractivity contribution >= 4 is 5.91 Å². The third kappa shape index (κ3) is 3.51. The Balaban J connectivity index is 1.29. The summed E-state index contributed by atoms with van der Waals surface area (Å²) < 4.78 is 13.0. The lowest BCUT2D eigenvalue weighted by molar-refractivity contribution is -0.130. The normalized spacial score (nSPS) is 15.5. The first kappa shape index (κ1) is 16.1. The van der Waals surface area contributed by atoms with Crippen LogP contribution < -0.4 is 14.8 Å². The number of para-hydroxylation sites is 2. The summed E-state index contributed by atoms with van der Waals surface area (Å²) in [4.78, 5) is 16.5. The highest BCUT2D eigenvalue weighted by atomic mass is 16.6. The smallest absolute Gasteiger partial charge is 0.264 e. The highest BCUT2D eigenvalue weighted by Crippen LogP contribution is 2.30. The molecule has 1 aromatic carbocycles. The number of carbonyl (C=O) groups is 1. The number of nitrogens with one attached hydrogen (secondary N) is 1. The topological polar surface area (TPSA) is 78.3 Å². The van der Waals surface area contributed by atoms with Crippen molar-refractivity contribution in [2.45, 2.75) is 12.6 Å². The van der Waals surface area contributed by atoms with Crippen molar-refractivity contribution in [2.75, 3.05) is 13.2 Å². The van der Waals surface area contributed by atoms with Crippen LogP contribution in [0.2, 0.25) is 0 Å². The minimum atomic E-state index is -0.647. The lowest BCUT2D eigenvalue weighted by Gasteiger charge is -2.25. The molecule has 0 unspecified atom stereocenters. The Kier molecular flexibility index (Phi) is 4.51. The first-order valence-electron chi connectivity index (χ1n) is 8.41. The van der Waals surface area contributed by atoms with E-state index in [1.54, 1.807) is 16.9 Å². The molecule has 0 aliphatic carbocycles. The number of aromatic nitrogens is 3. The molecule has 0 saturated carbocycles. The van der Waals surface area contributed by atoms with Gasteiger partial charge in [-0.1, -0.05) is 18.2 Å². The van der Waals surface area contributed by atoms with Crippen molar-refractivity contribution in [1.29, 1.82) is 0 Å². The monoisotopic (exact) mass is 350 g/mol. The number of amides is 1. The van der Waals surface area contributed by atoms with E-state index in [2.05, 4.69) is 15.4 Å². The van der Waals surface area contributed by atoms with Crippen LogP contribution in [0.15, 0.2) is 60.9 Å². The number of fused-ring (bicyclic) bond motifs is 1. The van der Waals surface area contributed by atoms with Gasteiger partial charge in [0.2, 0.25) is 6.10 Å². The summed E-state index contributed by atoms with van der Waals surface area (Å²) in [6.45, 7) is 1.21. The van der Waals surface area contributed by atoms with Gasteiger partial charge in [0.25, 0.3) is 5.91 Å². The summed E-state index contributed by atoms with van der Waals surface area (Å²) in [6, 6.07) is 14.9. The molecule has 1 amide bonds. The van der Waals surface area contributed by atoms with E-state index in [0.29, 0.717) is 24.6 Å². The zero-order valence-corrected chi connectivity index (χ0v) is 14.0. The summed E-state index contributed by atoms with van der Waals surface area (Å²) in [5.41, 5.74) is 1.62. The highest BCUT2D eigenvalue weighted by molar-refractivity contribution is 5.81. The Hall–Kier alpha value is -3.35. The van der Waals surface area contributed by atoms with E-state index in [1.807, 2.05) is 48.7 Å². The van der Waals surface area contributed by atoms with E-state index in [-0.39, 0.29) is 12.5 Å². The maximum atomic E-state index is 12.3. The molecule has 1 atom stereocenters. The van der Waals surface area contributed by atoms with Crippen LogP contribution in [0.4, 0.5) is 0 Å². The molecular weight excluding hydrogens is 332 g/mol. The number of nitrogens with zero attached hydrogens (tertiary/aromatic N) is 3. The fourth-order valence-electron chi connectivity index (χ4n) is 2.69. The summed E-state index contributed by atoms with van der Waals surface area (Å²) in [5.74, 6) is 1.05. The second-order valence-electron chi connectivity index (χ2n) is 5.83. The van der Waals surface area contributed by atoms with Gasteiger partial charge in [0.1, 0.15) is 12.3 Å². The maximum absolute atomic E-state index is 12.3. The van der Waals surface area contributed by atoms with Gasteiger partial charge in [-0.15, -0.1) is 0 Å².